The first-order valence-corrected chi connectivity index (χ1v) is 8.49. The molecular formula is C16H13ClF3N5O4. The average molecular weight is 432 g/mol. The van der Waals surface area contributed by atoms with Crippen molar-refractivity contribution in [1.29, 1.82) is 0 Å². The Morgan fingerprint density at radius 2 is 2.07 bits per heavy atom. The average Bonchev–Trinajstić information content (AvgIpc) is 3.09. The van der Waals surface area contributed by atoms with Gasteiger partial charge in [0.05, 0.1) is 17.8 Å². The second-order valence-electron chi connectivity index (χ2n) is 5.60. The molecule has 0 unspecified atom stereocenters. The van der Waals surface area contributed by atoms with Gasteiger partial charge in [0.15, 0.2) is 11.5 Å². The summed E-state index contributed by atoms with van der Waals surface area (Å²) in [5.41, 5.74) is -1.17. The van der Waals surface area contributed by atoms with E-state index < -0.39 is 29.6 Å². The molecule has 0 aromatic carbocycles. The van der Waals surface area contributed by atoms with E-state index in [1.54, 1.807) is 6.92 Å². The maximum absolute atomic E-state index is 13.4. The Balaban J connectivity index is 2.07. The summed E-state index contributed by atoms with van der Waals surface area (Å²) in [5, 5.41) is 13.0. The molecule has 0 aliphatic rings. The van der Waals surface area contributed by atoms with Crippen LogP contribution in [0.25, 0.3) is 16.9 Å². The highest BCUT2D eigenvalue weighted by Crippen LogP contribution is 2.35. The van der Waals surface area contributed by atoms with Gasteiger partial charge in [-0.1, -0.05) is 11.6 Å². The number of aliphatic carboxylic acids is 1. The summed E-state index contributed by atoms with van der Waals surface area (Å²) in [6, 6.07) is 0.721. The molecule has 1 atom stereocenters. The van der Waals surface area contributed by atoms with E-state index in [0.717, 1.165) is 29.5 Å². The molecule has 0 radical (unpaired) electrons. The number of halogens is 4. The number of ether oxygens (including phenoxy) is 2. The number of hydrogen-bond acceptors (Lipinski definition) is 7. The molecule has 0 saturated carbocycles. The van der Waals surface area contributed by atoms with Gasteiger partial charge in [0, 0.05) is 12.8 Å². The molecule has 1 N–H and O–H groups in total. The van der Waals surface area contributed by atoms with E-state index in [1.807, 2.05) is 0 Å². The van der Waals surface area contributed by atoms with Crippen LogP contribution in [0.4, 0.5) is 13.2 Å². The topological polar surface area (TPSA) is 112 Å². The molecule has 0 aliphatic heterocycles. The summed E-state index contributed by atoms with van der Waals surface area (Å²) in [6.07, 6.45) is -2.92. The number of pyridine rings is 1. The predicted molar refractivity (Wildman–Crippen MR) is 93.0 cm³/mol. The van der Waals surface area contributed by atoms with Crippen LogP contribution in [0.15, 0.2) is 24.8 Å². The zero-order valence-corrected chi connectivity index (χ0v) is 15.5. The maximum atomic E-state index is 13.4. The Morgan fingerprint density at radius 3 is 2.72 bits per heavy atom. The van der Waals surface area contributed by atoms with E-state index in [9.17, 15) is 23.1 Å². The van der Waals surface area contributed by atoms with Crippen molar-refractivity contribution in [3.63, 3.8) is 0 Å². The maximum Gasteiger partial charge on any atom is 0.420 e. The molecule has 3 heterocycles. The molecule has 13 heteroatoms. The lowest BCUT2D eigenvalue weighted by atomic mass is 10.2. The normalized spacial score (nSPS) is 12.9. The number of rotatable bonds is 7. The number of aromatic nitrogens is 5. The van der Waals surface area contributed by atoms with Crippen molar-refractivity contribution in [3.8, 4) is 11.7 Å². The number of carbonyl (C=O) groups is 1. The van der Waals surface area contributed by atoms with E-state index in [-0.39, 0.29) is 35.1 Å². The van der Waals surface area contributed by atoms with E-state index in [0.29, 0.717) is 0 Å². The molecule has 3 rings (SSSR count). The smallest absolute Gasteiger partial charge is 0.420 e. The van der Waals surface area contributed by atoms with Crippen molar-refractivity contribution in [3.05, 3.63) is 35.4 Å². The molecule has 0 spiro atoms. The molecule has 0 amide bonds. The summed E-state index contributed by atoms with van der Waals surface area (Å²) in [6.45, 7) is 1.71. The van der Waals surface area contributed by atoms with Gasteiger partial charge in [-0.15, -0.1) is 0 Å². The highest BCUT2D eigenvalue weighted by molar-refractivity contribution is 6.30. The minimum absolute atomic E-state index is 0.0594. The first-order chi connectivity index (χ1) is 13.7. The molecule has 0 bridgehead atoms. The molecule has 0 saturated heterocycles. The minimum Gasteiger partial charge on any atom is -0.478 e. The molecular weight excluding hydrogens is 419 g/mol. The van der Waals surface area contributed by atoms with E-state index in [4.69, 9.17) is 21.1 Å². The van der Waals surface area contributed by atoms with Crippen molar-refractivity contribution in [1.82, 2.24) is 24.7 Å². The van der Waals surface area contributed by atoms with Crippen LogP contribution in [-0.4, -0.2) is 55.1 Å². The molecule has 0 fully saturated rings. The Labute approximate surface area is 166 Å². The molecule has 3 aromatic heterocycles. The Morgan fingerprint density at radius 1 is 1.31 bits per heavy atom. The third-order valence-corrected chi connectivity index (χ3v) is 3.88. The fraction of sp³-hybridized carbons (Fsp3) is 0.312. The Hall–Kier alpha value is -2.99. The lowest BCUT2D eigenvalue weighted by molar-refractivity contribution is -0.148. The summed E-state index contributed by atoms with van der Waals surface area (Å²) >= 11 is 5.65. The molecule has 9 nitrogen and oxygen atoms in total. The Kier molecular flexibility index (Phi) is 5.84. The quantitative estimate of drug-likeness (QED) is 0.607. The van der Waals surface area contributed by atoms with Crippen LogP contribution in [-0.2, 0) is 15.7 Å². The van der Waals surface area contributed by atoms with Gasteiger partial charge in [0.2, 0.25) is 12.0 Å². The van der Waals surface area contributed by atoms with Crippen LogP contribution >= 0.6 is 11.6 Å². The Bertz CT molecular complexity index is 1040. The van der Waals surface area contributed by atoms with Crippen molar-refractivity contribution in [2.75, 3.05) is 13.2 Å². The summed E-state index contributed by atoms with van der Waals surface area (Å²) in [7, 11) is 0. The fourth-order valence-corrected chi connectivity index (χ4v) is 2.55. The summed E-state index contributed by atoms with van der Waals surface area (Å²) in [4.78, 5) is 22.9. The van der Waals surface area contributed by atoms with Crippen molar-refractivity contribution in [2.24, 2.45) is 0 Å². The summed E-state index contributed by atoms with van der Waals surface area (Å²) < 4.78 is 51.5. The van der Waals surface area contributed by atoms with E-state index >= 15 is 0 Å². The van der Waals surface area contributed by atoms with Gasteiger partial charge in [-0.25, -0.2) is 19.7 Å². The van der Waals surface area contributed by atoms with Gasteiger partial charge in [-0.05, 0) is 13.0 Å². The SMILES string of the molecule is CCOC[C@H](Oc1ncnc2c1cnn2-c1ncc(Cl)cc1C(F)(F)F)C(=O)O. The van der Waals surface area contributed by atoms with Gasteiger partial charge in [-0.2, -0.15) is 23.0 Å². The number of alkyl halides is 3. The highest BCUT2D eigenvalue weighted by Gasteiger charge is 2.36. The summed E-state index contributed by atoms with van der Waals surface area (Å²) in [5.74, 6) is -2.02. The first-order valence-electron chi connectivity index (χ1n) is 8.11. The lowest BCUT2D eigenvalue weighted by Gasteiger charge is -2.14. The molecule has 3 aromatic rings. The second kappa shape index (κ2) is 8.17. The zero-order valence-electron chi connectivity index (χ0n) is 14.7. The van der Waals surface area contributed by atoms with Crippen molar-refractivity contribution in [2.45, 2.75) is 19.2 Å². The first kappa shape index (κ1) is 20.7. The largest absolute Gasteiger partial charge is 0.478 e. The van der Waals surface area contributed by atoms with Gasteiger partial charge < -0.3 is 14.6 Å². The van der Waals surface area contributed by atoms with E-state index in [2.05, 4.69) is 20.1 Å². The second-order valence-corrected chi connectivity index (χ2v) is 6.04. The van der Waals surface area contributed by atoms with Crippen molar-refractivity contribution < 1.29 is 32.5 Å². The van der Waals surface area contributed by atoms with Crippen molar-refractivity contribution >= 4 is 28.6 Å². The van der Waals surface area contributed by atoms with Crippen LogP contribution in [0.3, 0.4) is 0 Å². The highest BCUT2D eigenvalue weighted by atomic mass is 35.5. The van der Waals surface area contributed by atoms with Gasteiger partial charge in [-0.3, -0.25) is 0 Å². The minimum atomic E-state index is -4.75. The fourth-order valence-electron chi connectivity index (χ4n) is 2.40. The monoisotopic (exact) mass is 431 g/mol. The third-order valence-electron chi connectivity index (χ3n) is 3.67. The van der Waals surface area contributed by atoms with Gasteiger partial charge >= 0.3 is 12.1 Å². The number of fused-ring (bicyclic) bond motifs is 1. The number of nitrogens with zero attached hydrogens (tertiary/aromatic N) is 5. The lowest BCUT2D eigenvalue weighted by Crippen LogP contribution is -2.32. The number of hydrogen-bond donors (Lipinski definition) is 1. The predicted octanol–water partition coefficient (Wildman–Crippen LogP) is 2.75. The standard InChI is InChI=1S/C16H13ClF3N5O4/c1-2-28-6-11(15(26)27)29-14-9-5-24-25(12(9)22-7-23-14)13-10(16(18,19)20)3-8(17)4-21-13/h3-5,7,11H,2,6H2,1H3,(H,26,27)/t11-/m0/s1. The van der Waals surface area contributed by atoms with Crippen LogP contribution in [0.1, 0.15) is 12.5 Å². The number of carboxylic acids is 1. The van der Waals surface area contributed by atoms with Crippen LogP contribution in [0, 0.1) is 0 Å². The van der Waals surface area contributed by atoms with Crippen LogP contribution < -0.4 is 4.74 Å². The van der Waals surface area contributed by atoms with Crippen LogP contribution in [0.5, 0.6) is 5.88 Å². The van der Waals surface area contributed by atoms with Crippen LogP contribution in [0.2, 0.25) is 5.02 Å². The zero-order chi connectivity index (χ0) is 21.2. The third kappa shape index (κ3) is 4.38. The van der Waals surface area contributed by atoms with E-state index in [1.165, 1.54) is 0 Å². The van der Waals surface area contributed by atoms with Gasteiger partial charge in [0.25, 0.3) is 0 Å². The number of carboxylic acid groups (broad SMARTS) is 1. The molecule has 154 valence electrons. The molecule has 29 heavy (non-hydrogen) atoms. The molecule has 0 aliphatic carbocycles. The van der Waals surface area contributed by atoms with Gasteiger partial charge in [0.1, 0.15) is 17.3 Å².